The molecule has 7 nitrogen and oxygen atoms in total. The Hall–Kier alpha value is -2.49. The fourth-order valence-electron chi connectivity index (χ4n) is 3.15. The lowest BCUT2D eigenvalue weighted by molar-refractivity contribution is 0.101. The third kappa shape index (κ3) is 3.60. The topological polar surface area (TPSA) is 83.7 Å². The van der Waals surface area contributed by atoms with Crippen LogP contribution in [0.2, 0.25) is 0 Å². The number of Topliss-reactive ketones (excluding diaryl/α,β-unsaturated/α-hetero) is 1. The fourth-order valence-corrected chi connectivity index (χ4v) is 6.00. The molecule has 3 heterocycles. The zero-order valence-electron chi connectivity index (χ0n) is 15.2. The SMILES string of the molecule is CC(=O)c1ccc(N2CCN(S(=O)(=O)c3ccc(-c4ccno4)s3)CC2)cc1. The van der Waals surface area contributed by atoms with Crippen molar-refractivity contribution in [1.29, 1.82) is 0 Å². The predicted molar refractivity (Wildman–Crippen MR) is 107 cm³/mol. The van der Waals surface area contributed by atoms with E-state index in [1.54, 1.807) is 30.3 Å². The summed E-state index contributed by atoms with van der Waals surface area (Å²) < 4.78 is 32.9. The van der Waals surface area contributed by atoms with Crippen molar-refractivity contribution in [2.24, 2.45) is 0 Å². The summed E-state index contributed by atoms with van der Waals surface area (Å²) in [6.07, 6.45) is 1.53. The van der Waals surface area contributed by atoms with Crippen molar-refractivity contribution in [1.82, 2.24) is 9.46 Å². The van der Waals surface area contributed by atoms with Gasteiger partial charge in [0.15, 0.2) is 11.5 Å². The molecule has 0 unspecified atom stereocenters. The second-order valence-electron chi connectivity index (χ2n) is 6.49. The van der Waals surface area contributed by atoms with E-state index in [9.17, 15) is 13.2 Å². The molecular weight excluding hydrogens is 398 g/mol. The third-order valence-corrected chi connectivity index (χ3v) is 8.20. The Kier molecular flexibility index (Phi) is 5.05. The summed E-state index contributed by atoms with van der Waals surface area (Å²) in [6.45, 7) is 3.55. The van der Waals surface area contributed by atoms with Crippen LogP contribution >= 0.6 is 11.3 Å². The van der Waals surface area contributed by atoms with Gasteiger partial charge in [-0.15, -0.1) is 11.3 Å². The van der Waals surface area contributed by atoms with Crippen LogP contribution in [-0.2, 0) is 10.0 Å². The minimum absolute atomic E-state index is 0.0307. The van der Waals surface area contributed by atoms with Gasteiger partial charge in [-0.05, 0) is 43.3 Å². The van der Waals surface area contributed by atoms with Gasteiger partial charge in [-0.1, -0.05) is 5.16 Å². The molecular formula is C19H19N3O4S2. The highest BCUT2D eigenvalue weighted by Crippen LogP contribution is 2.32. The first-order chi connectivity index (χ1) is 13.4. The highest BCUT2D eigenvalue weighted by molar-refractivity contribution is 7.91. The molecule has 146 valence electrons. The minimum Gasteiger partial charge on any atom is -0.369 e. The Balaban J connectivity index is 1.44. The molecule has 28 heavy (non-hydrogen) atoms. The molecule has 0 saturated carbocycles. The number of aromatic nitrogens is 1. The lowest BCUT2D eigenvalue weighted by atomic mass is 10.1. The van der Waals surface area contributed by atoms with Crippen LogP contribution in [0.15, 0.2) is 57.4 Å². The van der Waals surface area contributed by atoms with Gasteiger partial charge in [-0.25, -0.2) is 8.42 Å². The third-order valence-electron chi connectivity index (χ3n) is 4.73. The normalized spacial score (nSPS) is 15.7. The molecule has 1 fully saturated rings. The number of hydrogen-bond acceptors (Lipinski definition) is 7. The second-order valence-corrected chi connectivity index (χ2v) is 9.74. The van der Waals surface area contributed by atoms with E-state index < -0.39 is 10.0 Å². The molecule has 0 spiro atoms. The van der Waals surface area contributed by atoms with Gasteiger partial charge in [0, 0.05) is 43.5 Å². The minimum atomic E-state index is -3.54. The summed E-state index contributed by atoms with van der Waals surface area (Å²) >= 11 is 1.18. The monoisotopic (exact) mass is 417 g/mol. The van der Waals surface area contributed by atoms with Gasteiger partial charge >= 0.3 is 0 Å². The lowest BCUT2D eigenvalue weighted by Crippen LogP contribution is -2.48. The molecule has 0 bridgehead atoms. The Morgan fingerprint density at radius 2 is 1.75 bits per heavy atom. The molecule has 1 aliphatic heterocycles. The number of benzene rings is 1. The number of ketones is 1. The van der Waals surface area contributed by atoms with Gasteiger partial charge in [-0.2, -0.15) is 4.31 Å². The summed E-state index contributed by atoms with van der Waals surface area (Å²) in [6, 6.07) is 12.5. The number of anilines is 1. The lowest BCUT2D eigenvalue weighted by Gasteiger charge is -2.35. The Morgan fingerprint density at radius 3 is 2.36 bits per heavy atom. The van der Waals surface area contributed by atoms with Gasteiger partial charge in [-0.3, -0.25) is 4.79 Å². The molecule has 0 atom stereocenters. The Labute approximate surface area is 167 Å². The molecule has 1 aliphatic rings. The van der Waals surface area contributed by atoms with Gasteiger partial charge in [0.2, 0.25) is 0 Å². The molecule has 2 aromatic heterocycles. The number of thiophene rings is 1. The first kappa shape index (κ1) is 18.9. The van der Waals surface area contributed by atoms with Crippen molar-refractivity contribution in [3.05, 3.63) is 54.2 Å². The van der Waals surface area contributed by atoms with E-state index >= 15 is 0 Å². The van der Waals surface area contributed by atoms with Crippen molar-refractivity contribution in [2.45, 2.75) is 11.1 Å². The molecule has 0 aliphatic carbocycles. The number of sulfonamides is 1. The van der Waals surface area contributed by atoms with Crippen molar-refractivity contribution in [3.8, 4) is 10.6 Å². The molecule has 9 heteroatoms. The van der Waals surface area contributed by atoms with Crippen molar-refractivity contribution >= 4 is 32.8 Å². The van der Waals surface area contributed by atoms with Crippen LogP contribution in [0.25, 0.3) is 10.6 Å². The molecule has 0 N–H and O–H groups in total. The number of nitrogens with zero attached hydrogens (tertiary/aromatic N) is 3. The van der Waals surface area contributed by atoms with Crippen molar-refractivity contribution in [3.63, 3.8) is 0 Å². The predicted octanol–water partition coefficient (Wildman–Crippen LogP) is 3.12. The van der Waals surface area contributed by atoms with Gasteiger partial charge in [0.05, 0.1) is 11.1 Å². The van der Waals surface area contributed by atoms with Crippen LogP contribution in [0.4, 0.5) is 5.69 Å². The zero-order valence-corrected chi connectivity index (χ0v) is 16.9. The summed E-state index contributed by atoms with van der Waals surface area (Å²) in [4.78, 5) is 14.3. The van der Waals surface area contributed by atoms with Crippen LogP contribution in [-0.4, -0.2) is 49.8 Å². The first-order valence-electron chi connectivity index (χ1n) is 8.82. The first-order valence-corrected chi connectivity index (χ1v) is 11.1. The van der Waals surface area contributed by atoms with E-state index in [-0.39, 0.29) is 5.78 Å². The highest BCUT2D eigenvalue weighted by atomic mass is 32.2. The maximum atomic E-state index is 13.0. The largest absolute Gasteiger partial charge is 0.369 e. The van der Waals surface area contributed by atoms with E-state index in [0.717, 1.165) is 10.6 Å². The van der Waals surface area contributed by atoms with Crippen molar-refractivity contribution in [2.75, 3.05) is 31.1 Å². The number of piperazine rings is 1. The quantitative estimate of drug-likeness (QED) is 0.593. The van der Waals surface area contributed by atoms with Crippen LogP contribution in [0.3, 0.4) is 0 Å². The summed E-state index contributed by atoms with van der Waals surface area (Å²) in [5.74, 6) is 0.591. The maximum absolute atomic E-state index is 13.0. The van der Waals surface area contributed by atoms with E-state index in [1.165, 1.54) is 28.8 Å². The van der Waals surface area contributed by atoms with Crippen LogP contribution < -0.4 is 4.90 Å². The van der Waals surface area contributed by atoms with Crippen LogP contribution in [0.1, 0.15) is 17.3 Å². The number of carbonyl (C=O) groups is 1. The second kappa shape index (κ2) is 7.50. The average molecular weight is 418 g/mol. The summed E-state index contributed by atoms with van der Waals surface area (Å²) in [7, 11) is -3.54. The van der Waals surface area contributed by atoms with E-state index in [2.05, 4.69) is 10.1 Å². The molecule has 0 radical (unpaired) electrons. The Bertz CT molecular complexity index is 1060. The standard InChI is InChI=1S/C19H19N3O4S2/c1-14(23)15-2-4-16(5-3-15)21-10-12-22(13-11-21)28(24,25)19-7-6-18(27-19)17-8-9-20-26-17/h2-9H,10-13H2,1H3. The fraction of sp³-hybridized carbons (Fsp3) is 0.263. The van der Waals surface area contributed by atoms with Crippen LogP contribution in [0.5, 0.6) is 0 Å². The van der Waals surface area contributed by atoms with Crippen LogP contribution in [0, 0.1) is 0 Å². The van der Waals surface area contributed by atoms with E-state index in [4.69, 9.17) is 4.52 Å². The smallest absolute Gasteiger partial charge is 0.252 e. The molecule has 3 aromatic rings. The maximum Gasteiger partial charge on any atom is 0.252 e. The van der Waals surface area contributed by atoms with Gasteiger partial charge in [0.25, 0.3) is 10.0 Å². The molecule has 4 rings (SSSR count). The molecule has 1 aromatic carbocycles. The van der Waals surface area contributed by atoms with Gasteiger partial charge < -0.3 is 9.42 Å². The summed E-state index contributed by atoms with van der Waals surface area (Å²) in [5.41, 5.74) is 1.66. The Morgan fingerprint density at radius 1 is 1.04 bits per heavy atom. The average Bonchev–Trinajstić information content (AvgIpc) is 3.40. The number of carbonyl (C=O) groups excluding carboxylic acids is 1. The summed E-state index contributed by atoms with van der Waals surface area (Å²) in [5, 5.41) is 3.66. The van der Waals surface area contributed by atoms with Crippen molar-refractivity contribution < 1.29 is 17.7 Å². The number of hydrogen-bond donors (Lipinski definition) is 0. The molecule has 0 amide bonds. The molecule has 1 saturated heterocycles. The highest BCUT2D eigenvalue weighted by Gasteiger charge is 2.30. The van der Waals surface area contributed by atoms with E-state index in [0.29, 0.717) is 41.7 Å². The number of rotatable bonds is 5. The van der Waals surface area contributed by atoms with E-state index in [1.807, 2.05) is 12.1 Å². The zero-order chi connectivity index (χ0) is 19.7. The van der Waals surface area contributed by atoms with Gasteiger partial charge in [0.1, 0.15) is 4.21 Å².